The van der Waals surface area contributed by atoms with Gasteiger partial charge in [0.15, 0.2) is 0 Å². The van der Waals surface area contributed by atoms with Crippen LogP contribution in [0.4, 0.5) is 0 Å². The molecule has 1 atom stereocenters. The number of fused-ring (bicyclic) bond motifs is 1. The summed E-state index contributed by atoms with van der Waals surface area (Å²) in [6.45, 7) is 0. The van der Waals surface area contributed by atoms with Crippen LogP contribution in [0.2, 0.25) is 0 Å². The number of nitrogens with zero attached hydrogens (tertiary/aromatic N) is 2. The molecule has 0 aromatic carbocycles. The van der Waals surface area contributed by atoms with Crippen molar-refractivity contribution < 1.29 is 0 Å². The minimum atomic E-state index is 0.230. The number of rotatable bonds is 4. The highest BCUT2D eigenvalue weighted by Gasteiger charge is 2.30. The van der Waals surface area contributed by atoms with Crippen LogP contribution in [-0.4, -0.2) is 16.0 Å². The van der Waals surface area contributed by atoms with E-state index in [-0.39, 0.29) is 6.04 Å². The topological polar surface area (TPSA) is 37.8 Å². The molecule has 3 nitrogen and oxygen atoms in total. The van der Waals surface area contributed by atoms with Crippen molar-refractivity contribution in [3.05, 3.63) is 32.2 Å². The predicted molar refractivity (Wildman–Crippen MR) is 74.3 cm³/mol. The first kappa shape index (κ1) is 11.1. The average Bonchev–Trinajstić information content (AvgIpc) is 2.84. The van der Waals surface area contributed by atoms with Gasteiger partial charge in [-0.1, -0.05) is 0 Å². The molecule has 1 N–H and O–H groups in total. The van der Waals surface area contributed by atoms with E-state index in [9.17, 15) is 0 Å². The summed E-state index contributed by atoms with van der Waals surface area (Å²) in [7, 11) is 0. The molecule has 2 aliphatic rings. The highest BCUT2D eigenvalue weighted by atomic mass is 32.1. The predicted octanol–water partition coefficient (Wildman–Crippen LogP) is 2.93. The minimum Gasteiger partial charge on any atom is -0.299 e. The van der Waals surface area contributed by atoms with Gasteiger partial charge < -0.3 is 0 Å². The first-order chi connectivity index (χ1) is 8.90. The number of aryl methyl sites for hydroxylation is 2. The molecule has 1 saturated carbocycles. The zero-order chi connectivity index (χ0) is 11.9. The molecule has 0 bridgehead atoms. The van der Waals surface area contributed by atoms with Gasteiger partial charge in [0.1, 0.15) is 16.1 Å². The Kier molecular flexibility index (Phi) is 2.71. The fraction of sp³-hybridized carbons (Fsp3) is 0.538. The Morgan fingerprint density at radius 3 is 2.94 bits per heavy atom. The molecule has 2 aromatic rings. The van der Waals surface area contributed by atoms with Crippen LogP contribution in [0.25, 0.3) is 0 Å². The molecule has 2 aromatic heterocycles. The molecule has 1 fully saturated rings. The molecule has 0 amide bonds. The van der Waals surface area contributed by atoms with Crippen LogP contribution in [0.15, 0.2) is 11.6 Å². The molecule has 0 aliphatic heterocycles. The van der Waals surface area contributed by atoms with Crippen molar-refractivity contribution >= 4 is 22.7 Å². The Labute approximate surface area is 114 Å². The van der Waals surface area contributed by atoms with E-state index in [0.717, 1.165) is 5.01 Å². The maximum Gasteiger partial charge on any atom is 0.117 e. The van der Waals surface area contributed by atoms with Crippen LogP contribution in [0.3, 0.4) is 0 Å². The fourth-order valence-electron chi connectivity index (χ4n) is 2.44. The molecular formula is C13H15N3S2. The maximum absolute atomic E-state index is 4.85. The quantitative estimate of drug-likeness (QED) is 0.933. The molecule has 2 heterocycles. The summed E-state index contributed by atoms with van der Waals surface area (Å²) < 4.78 is 0. The fourth-order valence-corrected chi connectivity index (χ4v) is 4.44. The van der Waals surface area contributed by atoms with Gasteiger partial charge in [0.2, 0.25) is 0 Å². The summed E-state index contributed by atoms with van der Waals surface area (Å²) in [4.78, 5) is 10.8. The summed E-state index contributed by atoms with van der Waals surface area (Å²) >= 11 is 3.62. The summed E-state index contributed by atoms with van der Waals surface area (Å²) in [6.07, 6.45) is 8.16. The third-order valence-corrected chi connectivity index (χ3v) is 5.60. The van der Waals surface area contributed by atoms with E-state index in [1.807, 2.05) is 17.5 Å². The lowest BCUT2D eigenvalue weighted by molar-refractivity contribution is 0.593. The van der Waals surface area contributed by atoms with Crippen molar-refractivity contribution in [2.24, 2.45) is 0 Å². The highest BCUT2D eigenvalue weighted by molar-refractivity contribution is 7.12. The largest absolute Gasteiger partial charge is 0.299 e. The SMILES string of the molecule is c1csc(C(NC2CC2)c2nc3c(s2)CCC3)n1. The van der Waals surface area contributed by atoms with Gasteiger partial charge in [0.25, 0.3) is 0 Å². The van der Waals surface area contributed by atoms with Gasteiger partial charge in [-0.3, -0.25) is 5.32 Å². The van der Waals surface area contributed by atoms with E-state index >= 15 is 0 Å². The van der Waals surface area contributed by atoms with Crippen molar-refractivity contribution in [2.45, 2.75) is 44.2 Å². The van der Waals surface area contributed by atoms with Crippen LogP contribution in [0.5, 0.6) is 0 Å². The Balaban J connectivity index is 1.67. The van der Waals surface area contributed by atoms with E-state index in [2.05, 4.69) is 15.7 Å². The summed E-state index contributed by atoms with van der Waals surface area (Å²) in [5.74, 6) is 0. The normalized spacial score (nSPS) is 20.0. The first-order valence-corrected chi connectivity index (χ1v) is 8.23. The van der Waals surface area contributed by atoms with Gasteiger partial charge in [0.05, 0.1) is 5.69 Å². The van der Waals surface area contributed by atoms with Crippen molar-refractivity contribution in [1.82, 2.24) is 15.3 Å². The number of hydrogen-bond acceptors (Lipinski definition) is 5. The minimum absolute atomic E-state index is 0.230. The van der Waals surface area contributed by atoms with Crippen LogP contribution in [-0.2, 0) is 12.8 Å². The van der Waals surface area contributed by atoms with Crippen molar-refractivity contribution in [3.8, 4) is 0 Å². The van der Waals surface area contributed by atoms with Gasteiger partial charge in [-0.2, -0.15) is 0 Å². The lowest BCUT2D eigenvalue weighted by Crippen LogP contribution is -2.24. The standard InChI is InChI=1S/C13H15N3S2/c1-2-9-10(3-1)18-13(16-9)11(15-8-4-5-8)12-14-6-7-17-12/h6-8,11,15H,1-5H2. The zero-order valence-electron chi connectivity index (χ0n) is 10.1. The first-order valence-electron chi connectivity index (χ1n) is 6.54. The molecule has 5 heteroatoms. The Hall–Kier alpha value is -0.780. The van der Waals surface area contributed by atoms with Crippen LogP contribution >= 0.6 is 22.7 Å². The zero-order valence-corrected chi connectivity index (χ0v) is 11.7. The number of aromatic nitrogens is 2. The monoisotopic (exact) mass is 277 g/mol. The lowest BCUT2D eigenvalue weighted by atomic mass is 10.3. The Morgan fingerprint density at radius 1 is 1.28 bits per heavy atom. The van der Waals surface area contributed by atoms with E-state index in [1.54, 1.807) is 11.3 Å². The van der Waals surface area contributed by atoms with E-state index in [4.69, 9.17) is 4.98 Å². The molecule has 1 unspecified atom stereocenters. The molecule has 4 rings (SSSR count). The van der Waals surface area contributed by atoms with E-state index in [1.165, 1.54) is 47.7 Å². The lowest BCUT2D eigenvalue weighted by Gasteiger charge is -2.13. The maximum atomic E-state index is 4.85. The summed E-state index contributed by atoms with van der Waals surface area (Å²) in [5, 5.41) is 8.13. The molecule has 0 radical (unpaired) electrons. The van der Waals surface area contributed by atoms with Crippen LogP contribution < -0.4 is 5.32 Å². The van der Waals surface area contributed by atoms with Crippen molar-refractivity contribution in [1.29, 1.82) is 0 Å². The molecule has 0 saturated heterocycles. The smallest absolute Gasteiger partial charge is 0.117 e. The summed E-state index contributed by atoms with van der Waals surface area (Å²) in [6, 6.07) is 0.908. The number of hydrogen-bond donors (Lipinski definition) is 1. The van der Waals surface area contributed by atoms with E-state index < -0.39 is 0 Å². The Bertz CT molecular complexity index is 521. The van der Waals surface area contributed by atoms with Crippen molar-refractivity contribution in [3.63, 3.8) is 0 Å². The molecule has 2 aliphatic carbocycles. The molecule has 0 spiro atoms. The highest BCUT2D eigenvalue weighted by Crippen LogP contribution is 2.35. The molecule has 94 valence electrons. The third kappa shape index (κ3) is 2.00. The van der Waals surface area contributed by atoms with Crippen LogP contribution in [0, 0.1) is 0 Å². The summed E-state index contributed by atoms with van der Waals surface area (Å²) in [5.41, 5.74) is 1.34. The second kappa shape index (κ2) is 4.40. The van der Waals surface area contributed by atoms with Crippen molar-refractivity contribution in [2.75, 3.05) is 0 Å². The van der Waals surface area contributed by atoms with Gasteiger partial charge >= 0.3 is 0 Å². The number of nitrogens with one attached hydrogen (secondary N) is 1. The number of thiazole rings is 2. The molecular weight excluding hydrogens is 262 g/mol. The van der Waals surface area contributed by atoms with Gasteiger partial charge in [-0.05, 0) is 32.1 Å². The van der Waals surface area contributed by atoms with Gasteiger partial charge in [-0.15, -0.1) is 22.7 Å². The van der Waals surface area contributed by atoms with Crippen LogP contribution in [0.1, 0.15) is 45.9 Å². The van der Waals surface area contributed by atoms with Gasteiger partial charge in [-0.25, -0.2) is 9.97 Å². The van der Waals surface area contributed by atoms with E-state index in [0.29, 0.717) is 6.04 Å². The van der Waals surface area contributed by atoms with Gasteiger partial charge in [0, 0.05) is 22.5 Å². The second-order valence-electron chi connectivity index (χ2n) is 5.02. The second-order valence-corrected chi connectivity index (χ2v) is 7.06. The Morgan fingerprint density at radius 2 is 2.22 bits per heavy atom. The molecule has 18 heavy (non-hydrogen) atoms. The third-order valence-electron chi connectivity index (χ3n) is 3.54. The average molecular weight is 277 g/mol.